The van der Waals surface area contributed by atoms with E-state index in [-0.39, 0.29) is 5.41 Å². The summed E-state index contributed by atoms with van der Waals surface area (Å²) in [7, 11) is 0. The van der Waals surface area contributed by atoms with Crippen LogP contribution in [0, 0.1) is 0 Å². The predicted octanol–water partition coefficient (Wildman–Crippen LogP) is 10.2. The third-order valence-electron chi connectivity index (χ3n) is 9.29. The predicted molar refractivity (Wildman–Crippen MR) is 173 cm³/mol. The summed E-state index contributed by atoms with van der Waals surface area (Å²) in [5.41, 5.74) is 12.7. The Balaban J connectivity index is 1.40. The van der Waals surface area contributed by atoms with Crippen molar-refractivity contribution in [2.45, 2.75) is 19.3 Å². The quantitative estimate of drug-likeness (QED) is 0.213. The molecule has 8 aromatic rings. The highest BCUT2D eigenvalue weighted by Crippen LogP contribution is 2.51. The van der Waals surface area contributed by atoms with E-state index in [0.717, 1.165) is 0 Å². The first-order chi connectivity index (χ1) is 20.1. The molecule has 6 aromatic carbocycles. The van der Waals surface area contributed by atoms with Gasteiger partial charge in [0.15, 0.2) is 0 Å². The molecular formula is C39H28N2. The fourth-order valence-corrected chi connectivity index (χ4v) is 7.56. The fraction of sp³-hybridized carbons (Fsp3) is 0.0769. The van der Waals surface area contributed by atoms with E-state index < -0.39 is 0 Å². The second kappa shape index (κ2) is 7.99. The van der Waals surface area contributed by atoms with Gasteiger partial charge in [-0.05, 0) is 58.7 Å². The Hall–Kier alpha value is -5.08. The van der Waals surface area contributed by atoms with Crippen LogP contribution in [0.1, 0.15) is 25.0 Å². The first kappa shape index (κ1) is 22.7. The Kier molecular flexibility index (Phi) is 4.42. The number of rotatable bonds is 2. The molecule has 0 fully saturated rings. The second-order valence-electron chi connectivity index (χ2n) is 11.8. The van der Waals surface area contributed by atoms with E-state index in [4.69, 9.17) is 0 Å². The zero-order valence-corrected chi connectivity index (χ0v) is 23.1. The van der Waals surface area contributed by atoms with Gasteiger partial charge in [-0.1, -0.05) is 111 Å². The maximum atomic E-state index is 2.51. The lowest BCUT2D eigenvalue weighted by Gasteiger charge is -2.25. The molecule has 41 heavy (non-hydrogen) atoms. The Bertz CT molecular complexity index is 2290. The van der Waals surface area contributed by atoms with Crippen molar-refractivity contribution in [3.05, 3.63) is 145 Å². The molecule has 0 radical (unpaired) electrons. The van der Waals surface area contributed by atoms with Crippen LogP contribution in [-0.2, 0) is 5.41 Å². The van der Waals surface area contributed by atoms with Crippen LogP contribution in [-0.4, -0.2) is 9.13 Å². The minimum Gasteiger partial charge on any atom is -0.309 e. The van der Waals surface area contributed by atoms with E-state index in [2.05, 4.69) is 156 Å². The Morgan fingerprint density at radius 1 is 0.439 bits per heavy atom. The van der Waals surface area contributed by atoms with Crippen molar-refractivity contribution in [3.63, 3.8) is 0 Å². The number of nitrogens with zero attached hydrogens (tertiary/aromatic N) is 2. The maximum Gasteiger partial charge on any atom is 0.0562 e. The van der Waals surface area contributed by atoms with Gasteiger partial charge in [0.2, 0.25) is 0 Å². The average Bonchev–Trinajstić information content (AvgIpc) is 3.61. The van der Waals surface area contributed by atoms with Crippen molar-refractivity contribution in [1.29, 1.82) is 0 Å². The largest absolute Gasteiger partial charge is 0.309 e. The smallest absolute Gasteiger partial charge is 0.0562 e. The molecule has 2 heterocycles. The summed E-state index contributed by atoms with van der Waals surface area (Å²) >= 11 is 0. The molecule has 0 atom stereocenters. The molecule has 2 aromatic heterocycles. The van der Waals surface area contributed by atoms with E-state index >= 15 is 0 Å². The number of benzene rings is 6. The summed E-state index contributed by atoms with van der Waals surface area (Å²) in [5, 5.41) is 5.12. The highest BCUT2D eigenvalue weighted by Gasteiger charge is 2.38. The molecule has 2 heteroatoms. The molecule has 194 valence electrons. The van der Waals surface area contributed by atoms with Crippen LogP contribution in [0.15, 0.2) is 133 Å². The van der Waals surface area contributed by atoms with Gasteiger partial charge in [0, 0.05) is 32.6 Å². The monoisotopic (exact) mass is 524 g/mol. The Labute approximate surface area is 238 Å². The van der Waals surface area contributed by atoms with Crippen molar-refractivity contribution in [2.24, 2.45) is 0 Å². The van der Waals surface area contributed by atoms with Crippen LogP contribution in [0.3, 0.4) is 0 Å². The van der Waals surface area contributed by atoms with Crippen LogP contribution < -0.4 is 0 Å². The fourth-order valence-electron chi connectivity index (χ4n) is 7.56. The molecule has 0 saturated carbocycles. The van der Waals surface area contributed by atoms with Gasteiger partial charge in [-0.2, -0.15) is 0 Å². The number of hydrogen-bond acceptors (Lipinski definition) is 0. The van der Waals surface area contributed by atoms with E-state index in [1.807, 2.05) is 0 Å². The van der Waals surface area contributed by atoms with Crippen LogP contribution in [0.5, 0.6) is 0 Å². The minimum atomic E-state index is -0.106. The molecule has 0 bridgehead atoms. The van der Waals surface area contributed by atoms with Crippen LogP contribution in [0.4, 0.5) is 0 Å². The van der Waals surface area contributed by atoms with Gasteiger partial charge in [-0.15, -0.1) is 0 Å². The highest BCUT2D eigenvalue weighted by atomic mass is 15.0. The van der Waals surface area contributed by atoms with Gasteiger partial charge in [-0.25, -0.2) is 0 Å². The molecule has 0 spiro atoms. The van der Waals surface area contributed by atoms with Crippen molar-refractivity contribution in [2.75, 3.05) is 0 Å². The Morgan fingerprint density at radius 2 is 0.976 bits per heavy atom. The molecule has 0 aliphatic heterocycles. The first-order valence-electron chi connectivity index (χ1n) is 14.4. The van der Waals surface area contributed by atoms with Crippen molar-refractivity contribution in [3.8, 4) is 22.5 Å². The number of hydrogen-bond donors (Lipinski definition) is 0. The lowest BCUT2D eigenvalue weighted by Crippen LogP contribution is -2.18. The molecule has 0 saturated heterocycles. The number of aromatic nitrogens is 2. The van der Waals surface area contributed by atoms with Gasteiger partial charge in [0.25, 0.3) is 0 Å². The third kappa shape index (κ3) is 2.92. The summed E-state index contributed by atoms with van der Waals surface area (Å²) in [6.07, 6.45) is 0. The van der Waals surface area contributed by atoms with Gasteiger partial charge >= 0.3 is 0 Å². The molecule has 2 nitrogen and oxygen atoms in total. The van der Waals surface area contributed by atoms with E-state index in [0.29, 0.717) is 0 Å². The standard InChI is InChI=1S/C39H28N2/c1-39(2)32-17-7-3-12-26(32)31-16-11-21-36(38(31)39)41-35-20-10-6-15-29(35)30-23-22-25(24-37(30)41)40-33-18-8-4-13-27(33)28-14-5-9-19-34(28)40/h3-24H,1-2H3. The molecule has 1 aliphatic carbocycles. The summed E-state index contributed by atoms with van der Waals surface area (Å²) < 4.78 is 4.93. The van der Waals surface area contributed by atoms with Gasteiger partial charge in [0.1, 0.15) is 0 Å². The van der Waals surface area contributed by atoms with Crippen molar-refractivity contribution in [1.82, 2.24) is 9.13 Å². The van der Waals surface area contributed by atoms with Gasteiger partial charge in [-0.3, -0.25) is 0 Å². The van der Waals surface area contributed by atoms with Crippen molar-refractivity contribution < 1.29 is 0 Å². The highest BCUT2D eigenvalue weighted by molar-refractivity contribution is 6.12. The zero-order chi connectivity index (χ0) is 27.3. The van der Waals surface area contributed by atoms with E-state index in [1.165, 1.54) is 77.2 Å². The lowest BCUT2D eigenvalue weighted by atomic mass is 9.81. The van der Waals surface area contributed by atoms with Gasteiger partial charge in [0.05, 0.1) is 27.8 Å². The summed E-state index contributed by atoms with van der Waals surface area (Å²) in [6, 6.07) is 49.1. The van der Waals surface area contributed by atoms with E-state index in [1.54, 1.807) is 0 Å². The molecule has 0 amide bonds. The molecule has 1 aliphatic rings. The average molecular weight is 525 g/mol. The summed E-state index contributed by atoms with van der Waals surface area (Å²) in [6.45, 7) is 4.75. The van der Waals surface area contributed by atoms with Crippen LogP contribution in [0.2, 0.25) is 0 Å². The zero-order valence-electron chi connectivity index (χ0n) is 23.1. The number of fused-ring (bicyclic) bond motifs is 9. The van der Waals surface area contributed by atoms with Gasteiger partial charge < -0.3 is 9.13 Å². The summed E-state index contributed by atoms with van der Waals surface area (Å²) in [5.74, 6) is 0. The van der Waals surface area contributed by atoms with E-state index in [9.17, 15) is 0 Å². The Morgan fingerprint density at radius 3 is 1.66 bits per heavy atom. The third-order valence-corrected chi connectivity index (χ3v) is 9.29. The molecule has 0 unspecified atom stereocenters. The normalized spacial score (nSPS) is 13.8. The number of para-hydroxylation sites is 3. The lowest BCUT2D eigenvalue weighted by molar-refractivity contribution is 0.656. The van der Waals surface area contributed by atoms with Crippen LogP contribution in [0.25, 0.3) is 66.1 Å². The first-order valence-corrected chi connectivity index (χ1v) is 14.4. The topological polar surface area (TPSA) is 9.86 Å². The van der Waals surface area contributed by atoms with Crippen molar-refractivity contribution >= 4 is 43.6 Å². The molecular weight excluding hydrogens is 496 g/mol. The molecule has 9 rings (SSSR count). The summed E-state index contributed by atoms with van der Waals surface area (Å²) in [4.78, 5) is 0. The maximum absolute atomic E-state index is 2.51. The molecule has 0 N–H and O–H groups in total. The minimum absolute atomic E-state index is 0.106. The van der Waals surface area contributed by atoms with Crippen LogP contribution >= 0.6 is 0 Å². The SMILES string of the molecule is CC1(C)c2ccccc2-c2cccc(-n3c4ccccc4c4ccc(-n5c6ccccc6c6ccccc65)cc43)c21. The second-order valence-corrected chi connectivity index (χ2v) is 11.8.